The Morgan fingerprint density at radius 1 is 1.35 bits per heavy atom. The first-order chi connectivity index (χ1) is 11.0. The molecule has 6 nitrogen and oxygen atoms in total. The van der Waals surface area contributed by atoms with Gasteiger partial charge in [-0.15, -0.1) is 5.10 Å². The van der Waals surface area contributed by atoms with Crippen LogP contribution in [-0.4, -0.2) is 50.6 Å². The Labute approximate surface area is 135 Å². The van der Waals surface area contributed by atoms with E-state index in [1.807, 2.05) is 31.2 Å². The van der Waals surface area contributed by atoms with Crippen LogP contribution < -0.4 is 0 Å². The summed E-state index contributed by atoms with van der Waals surface area (Å²) in [6.07, 6.45) is 4.17. The highest BCUT2D eigenvalue weighted by Crippen LogP contribution is 2.26. The molecule has 1 aliphatic rings. The van der Waals surface area contributed by atoms with E-state index in [0.717, 1.165) is 24.9 Å². The summed E-state index contributed by atoms with van der Waals surface area (Å²) < 4.78 is 1.60. The number of aliphatic hydroxyl groups is 1. The quantitative estimate of drug-likeness (QED) is 0.934. The number of hydrogen-bond acceptors (Lipinski definition) is 4. The summed E-state index contributed by atoms with van der Waals surface area (Å²) in [5, 5.41) is 17.9. The maximum absolute atomic E-state index is 12.5. The standard InChI is InChI=1S/C17H22N4O2/c1-12-6-8-14(9-7-12)21-11-15(18-19-21)17(23)20(2)10-13-4-3-5-16(13)22/h6-9,11,13,16,22H,3-5,10H2,1-2H3. The molecule has 1 aromatic carbocycles. The molecule has 3 rings (SSSR count). The van der Waals surface area contributed by atoms with E-state index < -0.39 is 0 Å². The molecule has 0 bridgehead atoms. The molecule has 1 heterocycles. The third kappa shape index (κ3) is 3.42. The van der Waals surface area contributed by atoms with Gasteiger partial charge in [-0.2, -0.15) is 0 Å². The number of rotatable bonds is 4. The second-order valence-corrected chi connectivity index (χ2v) is 6.33. The zero-order valence-corrected chi connectivity index (χ0v) is 13.5. The van der Waals surface area contributed by atoms with Crippen LogP contribution in [-0.2, 0) is 0 Å². The number of aryl methyl sites for hydroxylation is 1. The fourth-order valence-electron chi connectivity index (χ4n) is 3.05. The molecular weight excluding hydrogens is 292 g/mol. The van der Waals surface area contributed by atoms with Crippen LogP contribution in [0, 0.1) is 12.8 Å². The van der Waals surface area contributed by atoms with Crippen molar-refractivity contribution in [2.24, 2.45) is 5.92 Å². The van der Waals surface area contributed by atoms with Gasteiger partial charge in [0.1, 0.15) is 0 Å². The Balaban J connectivity index is 1.69. The van der Waals surface area contributed by atoms with Crippen LogP contribution in [0.2, 0.25) is 0 Å². The Bertz CT molecular complexity index is 680. The van der Waals surface area contributed by atoms with Gasteiger partial charge in [0, 0.05) is 19.5 Å². The Hall–Kier alpha value is -2.21. The van der Waals surface area contributed by atoms with Crippen LogP contribution in [0.1, 0.15) is 35.3 Å². The van der Waals surface area contributed by atoms with Crippen molar-refractivity contribution in [3.63, 3.8) is 0 Å². The molecular formula is C17H22N4O2. The molecule has 0 radical (unpaired) electrons. The minimum atomic E-state index is -0.298. The Morgan fingerprint density at radius 2 is 2.09 bits per heavy atom. The molecule has 1 N–H and O–H groups in total. The van der Waals surface area contributed by atoms with Crippen molar-refractivity contribution >= 4 is 5.91 Å². The molecule has 23 heavy (non-hydrogen) atoms. The number of aliphatic hydroxyl groups excluding tert-OH is 1. The SMILES string of the molecule is Cc1ccc(-n2cc(C(=O)N(C)CC3CCCC3O)nn2)cc1. The fraction of sp³-hybridized carbons (Fsp3) is 0.471. The van der Waals surface area contributed by atoms with E-state index in [1.165, 1.54) is 5.56 Å². The monoisotopic (exact) mass is 314 g/mol. The summed E-state index contributed by atoms with van der Waals surface area (Å²) in [6.45, 7) is 2.57. The van der Waals surface area contributed by atoms with Gasteiger partial charge in [0.05, 0.1) is 18.0 Å². The van der Waals surface area contributed by atoms with Crippen molar-refractivity contribution in [3.05, 3.63) is 41.7 Å². The molecule has 1 amide bonds. The molecule has 1 fully saturated rings. The highest BCUT2D eigenvalue weighted by atomic mass is 16.3. The van der Waals surface area contributed by atoms with Crippen molar-refractivity contribution < 1.29 is 9.90 Å². The lowest BCUT2D eigenvalue weighted by atomic mass is 10.1. The van der Waals surface area contributed by atoms with E-state index in [0.29, 0.717) is 12.2 Å². The zero-order valence-electron chi connectivity index (χ0n) is 13.5. The average molecular weight is 314 g/mol. The first kappa shape index (κ1) is 15.7. The van der Waals surface area contributed by atoms with Crippen molar-refractivity contribution in [1.29, 1.82) is 0 Å². The molecule has 6 heteroatoms. The van der Waals surface area contributed by atoms with Gasteiger partial charge in [-0.1, -0.05) is 29.3 Å². The largest absolute Gasteiger partial charge is 0.393 e. The van der Waals surface area contributed by atoms with Gasteiger partial charge in [0.25, 0.3) is 5.91 Å². The summed E-state index contributed by atoms with van der Waals surface area (Å²) >= 11 is 0. The minimum absolute atomic E-state index is 0.163. The van der Waals surface area contributed by atoms with Crippen LogP contribution in [0.5, 0.6) is 0 Å². The molecule has 2 unspecified atom stereocenters. The number of amides is 1. The number of carbonyl (C=O) groups is 1. The molecule has 2 aromatic rings. The molecule has 0 aliphatic heterocycles. The first-order valence-electron chi connectivity index (χ1n) is 7.97. The maximum Gasteiger partial charge on any atom is 0.275 e. The third-order valence-corrected chi connectivity index (χ3v) is 4.49. The average Bonchev–Trinajstić information content (AvgIpc) is 3.17. The number of aromatic nitrogens is 3. The topological polar surface area (TPSA) is 71.2 Å². The fourth-order valence-corrected chi connectivity index (χ4v) is 3.05. The van der Waals surface area contributed by atoms with E-state index in [1.54, 1.807) is 22.8 Å². The maximum atomic E-state index is 12.5. The Kier molecular flexibility index (Phi) is 4.43. The highest BCUT2D eigenvalue weighted by molar-refractivity contribution is 5.91. The van der Waals surface area contributed by atoms with Gasteiger partial charge in [-0.25, -0.2) is 4.68 Å². The van der Waals surface area contributed by atoms with Gasteiger partial charge in [0.15, 0.2) is 5.69 Å². The lowest BCUT2D eigenvalue weighted by molar-refractivity contribution is 0.0688. The normalized spacial score (nSPS) is 20.7. The van der Waals surface area contributed by atoms with E-state index in [2.05, 4.69) is 10.3 Å². The predicted molar refractivity (Wildman–Crippen MR) is 86.4 cm³/mol. The molecule has 0 saturated heterocycles. The zero-order chi connectivity index (χ0) is 16.4. The summed E-state index contributed by atoms with van der Waals surface area (Å²) in [7, 11) is 1.75. The van der Waals surface area contributed by atoms with Crippen LogP contribution in [0.4, 0.5) is 0 Å². The van der Waals surface area contributed by atoms with Gasteiger partial charge in [-0.3, -0.25) is 4.79 Å². The lowest BCUT2D eigenvalue weighted by Crippen LogP contribution is -2.34. The summed E-state index contributed by atoms with van der Waals surface area (Å²) in [5.74, 6) is -0.00134. The van der Waals surface area contributed by atoms with Crippen molar-refractivity contribution in [2.75, 3.05) is 13.6 Å². The number of benzene rings is 1. The molecule has 2 atom stereocenters. The van der Waals surface area contributed by atoms with E-state index in [-0.39, 0.29) is 17.9 Å². The van der Waals surface area contributed by atoms with Gasteiger partial charge < -0.3 is 10.0 Å². The second kappa shape index (κ2) is 6.50. The minimum Gasteiger partial charge on any atom is -0.393 e. The second-order valence-electron chi connectivity index (χ2n) is 6.33. The highest BCUT2D eigenvalue weighted by Gasteiger charge is 2.28. The van der Waals surface area contributed by atoms with Crippen molar-refractivity contribution in [3.8, 4) is 5.69 Å². The van der Waals surface area contributed by atoms with Crippen LogP contribution in [0.25, 0.3) is 5.69 Å². The molecule has 0 spiro atoms. The Morgan fingerprint density at radius 3 is 2.74 bits per heavy atom. The van der Waals surface area contributed by atoms with Crippen LogP contribution in [0.3, 0.4) is 0 Å². The molecule has 1 aromatic heterocycles. The number of nitrogens with zero attached hydrogens (tertiary/aromatic N) is 4. The van der Waals surface area contributed by atoms with Gasteiger partial charge in [0.2, 0.25) is 0 Å². The van der Waals surface area contributed by atoms with E-state index in [4.69, 9.17) is 0 Å². The summed E-state index contributed by atoms with van der Waals surface area (Å²) in [5.41, 5.74) is 2.36. The summed E-state index contributed by atoms with van der Waals surface area (Å²) in [6, 6.07) is 7.87. The molecule has 1 aliphatic carbocycles. The van der Waals surface area contributed by atoms with Gasteiger partial charge in [-0.05, 0) is 31.9 Å². The van der Waals surface area contributed by atoms with Crippen molar-refractivity contribution in [1.82, 2.24) is 19.9 Å². The van der Waals surface area contributed by atoms with E-state index in [9.17, 15) is 9.90 Å². The lowest BCUT2D eigenvalue weighted by Gasteiger charge is -2.22. The van der Waals surface area contributed by atoms with Gasteiger partial charge >= 0.3 is 0 Å². The van der Waals surface area contributed by atoms with E-state index >= 15 is 0 Å². The molecule has 122 valence electrons. The predicted octanol–water partition coefficient (Wildman–Crippen LogP) is 1.81. The first-order valence-corrected chi connectivity index (χ1v) is 7.97. The third-order valence-electron chi connectivity index (χ3n) is 4.49. The summed E-state index contributed by atoms with van der Waals surface area (Å²) in [4.78, 5) is 14.1. The van der Waals surface area contributed by atoms with Crippen molar-refractivity contribution in [2.45, 2.75) is 32.3 Å². The van der Waals surface area contributed by atoms with Crippen LogP contribution >= 0.6 is 0 Å². The number of hydrogen-bond donors (Lipinski definition) is 1. The number of carbonyl (C=O) groups excluding carboxylic acids is 1. The van der Waals surface area contributed by atoms with Crippen LogP contribution in [0.15, 0.2) is 30.5 Å². The smallest absolute Gasteiger partial charge is 0.275 e. The molecule has 1 saturated carbocycles.